The van der Waals surface area contributed by atoms with E-state index in [-0.39, 0.29) is 23.8 Å². The lowest BCUT2D eigenvalue weighted by atomic mass is 9.92. The van der Waals surface area contributed by atoms with E-state index in [9.17, 15) is 9.59 Å². The molecule has 1 aliphatic heterocycles. The van der Waals surface area contributed by atoms with E-state index in [1.807, 2.05) is 48.3 Å². The zero-order chi connectivity index (χ0) is 20.3. The molecule has 0 radical (unpaired) electrons. The topological polar surface area (TPSA) is 62.7 Å². The molecule has 0 N–H and O–H groups in total. The van der Waals surface area contributed by atoms with Crippen LogP contribution in [0.1, 0.15) is 23.7 Å². The monoisotopic (exact) mass is 401 g/mol. The van der Waals surface area contributed by atoms with Crippen LogP contribution in [-0.2, 0) is 20.9 Å². The smallest absolute Gasteiger partial charge is 0.323 e. The average Bonchev–Trinajstić information content (AvgIpc) is 3.04. The Morgan fingerprint density at radius 1 is 1.29 bits per heavy atom. The summed E-state index contributed by atoms with van der Waals surface area (Å²) in [5.74, 6) is -0.757. The summed E-state index contributed by atoms with van der Waals surface area (Å²) >= 11 is 6.18. The minimum Gasteiger partial charge on any atom is -0.468 e. The van der Waals surface area contributed by atoms with Crippen molar-refractivity contribution in [2.45, 2.75) is 25.0 Å². The number of rotatable bonds is 5. The van der Waals surface area contributed by atoms with Gasteiger partial charge in [-0.25, -0.2) is 0 Å². The molecule has 0 bridgehead atoms. The fourth-order valence-electron chi connectivity index (χ4n) is 3.90. The van der Waals surface area contributed by atoms with Crippen LogP contribution in [0.15, 0.2) is 48.7 Å². The minimum absolute atomic E-state index is 0.0334. The van der Waals surface area contributed by atoms with E-state index >= 15 is 0 Å². The highest BCUT2D eigenvalue weighted by atomic mass is 35.5. The van der Waals surface area contributed by atoms with Crippen LogP contribution in [0.5, 0.6) is 0 Å². The molecule has 2 aromatic rings. The van der Waals surface area contributed by atoms with Crippen molar-refractivity contribution in [1.82, 2.24) is 14.8 Å². The normalized spacial score (nSPS) is 22.1. The van der Waals surface area contributed by atoms with E-state index in [1.165, 1.54) is 7.11 Å². The first-order valence-corrected chi connectivity index (χ1v) is 9.50. The highest BCUT2D eigenvalue weighted by Crippen LogP contribution is 2.41. The van der Waals surface area contributed by atoms with Gasteiger partial charge < -0.3 is 9.64 Å². The molecule has 1 aromatic heterocycles. The number of likely N-dealkylation sites (N-methyl/N-ethyl adjacent to an activating group) is 1. The molecule has 1 fully saturated rings. The summed E-state index contributed by atoms with van der Waals surface area (Å²) in [7, 11) is 4.98. The Balaban J connectivity index is 1.88. The van der Waals surface area contributed by atoms with Crippen molar-refractivity contribution in [2.75, 3.05) is 21.2 Å². The first-order chi connectivity index (χ1) is 13.4. The second kappa shape index (κ2) is 8.71. The van der Waals surface area contributed by atoms with Gasteiger partial charge in [0.1, 0.15) is 6.04 Å². The number of halogens is 1. The van der Waals surface area contributed by atoms with Crippen molar-refractivity contribution in [3.05, 3.63) is 64.9 Å². The molecule has 2 heterocycles. The maximum Gasteiger partial charge on any atom is 0.323 e. The number of likely N-dealkylation sites (tertiary alicyclic amines) is 1. The third-order valence-electron chi connectivity index (χ3n) is 5.27. The maximum absolute atomic E-state index is 13.3. The van der Waals surface area contributed by atoms with E-state index in [0.29, 0.717) is 18.0 Å². The molecule has 28 heavy (non-hydrogen) atoms. The number of hydrogen-bond acceptors (Lipinski definition) is 5. The second-order valence-electron chi connectivity index (χ2n) is 7.06. The van der Waals surface area contributed by atoms with E-state index in [2.05, 4.69) is 4.98 Å². The second-order valence-corrected chi connectivity index (χ2v) is 7.50. The van der Waals surface area contributed by atoms with Gasteiger partial charge >= 0.3 is 5.97 Å². The first kappa shape index (κ1) is 20.3. The number of aromatic nitrogens is 1. The van der Waals surface area contributed by atoms with Crippen LogP contribution in [0.4, 0.5) is 0 Å². The first-order valence-electron chi connectivity index (χ1n) is 9.12. The number of carbonyl (C=O) groups excluding carboxylic acids is 2. The fourth-order valence-corrected chi connectivity index (χ4v) is 4.10. The quantitative estimate of drug-likeness (QED) is 0.721. The van der Waals surface area contributed by atoms with Crippen molar-refractivity contribution in [3.8, 4) is 0 Å². The number of esters is 1. The van der Waals surface area contributed by atoms with Gasteiger partial charge in [0.05, 0.1) is 25.3 Å². The Hall–Kier alpha value is -2.44. The highest BCUT2D eigenvalue weighted by Gasteiger charge is 2.47. The van der Waals surface area contributed by atoms with Crippen LogP contribution in [0.25, 0.3) is 0 Å². The fraction of sp³-hybridized carbons (Fsp3) is 0.381. The lowest BCUT2D eigenvalue weighted by molar-refractivity contribution is -0.145. The standard InChI is InChI=1S/C21H24ClN3O3/c1-24(13-16-9-4-5-10-23-16)20(26)17-12-18(21(27)28-3)25(2)19(17)14-7-6-8-15(22)11-14/h4-11,17-19H,12-13H2,1-3H3/t17-,18-,19-/m0/s1. The van der Waals surface area contributed by atoms with E-state index in [0.717, 1.165) is 11.3 Å². The maximum atomic E-state index is 13.3. The van der Waals surface area contributed by atoms with Crippen LogP contribution in [0, 0.1) is 5.92 Å². The zero-order valence-corrected chi connectivity index (χ0v) is 17.0. The summed E-state index contributed by atoms with van der Waals surface area (Å²) < 4.78 is 4.96. The van der Waals surface area contributed by atoms with Gasteiger partial charge in [-0.2, -0.15) is 0 Å². The molecular formula is C21H24ClN3O3. The molecule has 3 rings (SSSR count). The van der Waals surface area contributed by atoms with Crippen molar-refractivity contribution in [1.29, 1.82) is 0 Å². The average molecular weight is 402 g/mol. The van der Waals surface area contributed by atoms with Crippen molar-refractivity contribution >= 4 is 23.5 Å². The lowest BCUT2D eigenvalue weighted by Crippen LogP contribution is -2.37. The largest absolute Gasteiger partial charge is 0.468 e. The number of ether oxygens (including phenoxy) is 1. The number of amides is 1. The predicted octanol–water partition coefficient (Wildman–Crippen LogP) is 2.93. The van der Waals surface area contributed by atoms with Crippen LogP contribution >= 0.6 is 11.6 Å². The third kappa shape index (κ3) is 4.18. The highest BCUT2D eigenvalue weighted by molar-refractivity contribution is 6.30. The van der Waals surface area contributed by atoms with Crippen LogP contribution in [-0.4, -0.2) is 53.9 Å². The molecule has 7 heteroatoms. The molecule has 0 unspecified atom stereocenters. The number of nitrogens with zero attached hydrogens (tertiary/aromatic N) is 3. The Kier molecular flexibility index (Phi) is 6.31. The molecule has 3 atom stereocenters. The number of methoxy groups -OCH3 is 1. The Labute approximate surface area is 170 Å². The molecule has 1 saturated heterocycles. The Bertz CT molecular complexity index is 846. The molecule has 0 saturated carbocycles. The predicted molar refractivity (Wildman–Crippen MR) is 107 cm³/mol. The summed E-state index contributed by atoms with van der Waals surface area (Å²) in [5, 5.41) is 0.598. The van der Waals surface area contributed by atoms with Gasteiger partial charge in [0, 0.05) is 24.3 Å². The number of carbonyl (C=O) groups is 2. The Morgan fingerprint density at radius 3 is 2.71 bits per heavy atom. The van der Waals surface area contributed by atoms with Crippen molar-refractivity contribution < 1.29 is 14.3 Å². The summed E-state index contributed by atoms with van der Waals surface area (Å²) in [5.41, 5.74) is 1.72. The summed E-state index contributed by atoms with van der Waals surface area (Å²) in [6.07, 6.45) is 2.10. The molecule has 1 aromatic carbocycles. The van der Waals surface area contributed by atoms with Crippen LogP contribution < -0.4 is 0 Å². The van der Waals surface area contributed by atoms with Gasteiger partial charge in [0.25, 0.3) is 0 Å². The molecule has 148 valence electrons. The molecule has 0 spiro atoms. The van der Waals surface area contributed by atoms with Gasteiger partial charge in [-0.05, 0) is 43.3 Å². The zero-order valence-electron chi connectivity index (χ0n) is 16.2. The van der Waals surface area contributed by atoms with Gasteiger partial charge in [-0.15, -0.1) is 0 Å². The summed E-state index contributed by atoms with van der Waals surface area (Å²) in [6, 6.07) is 12.3. The van der Waals surface area contributed by atoms with Crippen molar-refractivity contribution in [2.24, 2.45) is 5.92 Å². The number of hydrogen-bond donors (Lipinski definition) is 0. The van der Waals surface area contributed by atoms with Gasteiger partial charge in [0.2, 0.25) is 5.91 Å². The van der Waals surface area contributed by atoms with Crippen molar-refractivity contribution in [3.63, 3.8) is 0 Å². The third-order valence-corrected chi connectivity index (χ3v) is 5.51. The van der Waals surface area contributed by atoms with Crippen LogP contribution in [0.2, 0.25) is 5.02 Å². The molecule has 1 amide bonds. The number of pyridine rings is 1. The Morgan fingerprint density at radius 2 is 2.07 bits per heavy atom. The molecule has 6 nitrogen and oxygen atoms in total. The van der Waals surface area contributed by atoms with E-state index in [4.69, 9.17) is 16.3 Å². The molecule has 1 aliphatic rings. The van der Waals surface area contributed by atoms with Crippen LogP contribution in [0.3, 0.4) is 0 Å². The van der Waals surface area contributed by atoms with Gasteiger partial charge in [-0.3, -0.25) is 19.5 Å². The molecular weight excluding hydrogens is 378 g/mol. The molecule has 0 aliphatic carbocycles. The van der Waals surface area contributed by atoms with E-state index in [1.54, 1.807) is 24.2 Å². The van der Waals surface area contributed by atoms with Gasteiger partial charge in [-0.1, -0.05) is 29.8 Å². The minimum atomic E-state index is -0.480. The summed E-state index contributed by atoms with van der Waals surface area (Å²) in [6.45, 7) is 0.408. The number of benzene rings is 1. The lowest BCUT2D eigenvalue weighted by Gasteiger charge is -2.29. The van der Waals surface area contributed by atoms with Gasteiger partial charge in [0.15, 0.2) is 0 Å². The van der Waals surface area contributed by atoms with E-state index < -0.39 is 6.04 Å². The SMILES string of the molecule is COC(=O)[C@@H]1C[C@H](C(=O)N(C)Cc2ccccn2)[C@H](c2cccc(Cl)c2)N1C. The summed E-state index contributed by atoms with van der Waals surface area (Å²) in [4.78, 5) is 33.4.